The van der Waals surface area contributed by atoms with Crippen molar-refractivity contribution in [2.24, 2.45) is 0 Å². The zero-order valence-electron chi connectivity index (χ0n) is 10.7. The topological polar surface area (TPSA) is 26.2 Å². The molecule has 0 radical (unpaired) electrons. The second-order valence-corrected chi connectivity index (χ2v) is 4.26. The first kappa shape index (κ1) is 13.3. The van der Waals surface area contributed by atoms with Crippen LogP contribution in [-0.4, -0.2) is 24.3 Å². The summed E-state index contributed by atoms with van der Waals surface area (Å²) in [7, 11) is 1.75. The van der Waals surface area contributed by atoms with Crippen molar-refractivity contribution in [1.29, 1.82) is 0 Å². The van der Waals surface area contributed by atoms with E-state index < -0.39 is 0 Å². The zero-order valence-corrected chi connectivity index (χ0v) is 10.7. The van der Waals surface area contributed by atoms with Gasteiger partial charge in [-0.3, -0.25) is 0 Å². The molecule has 1 heterocycles. The highest BCUT2D eigenvalue weighted by Crippen LogP contribution is 2.04. The maximum atomic E-state index is 5.07. The Bertz CT molecular complexity index is 283. The van der Waals surface area contributed by atoms with Gasteiger partial charge in [0, 0.05) is 44.7 Å². The van der Waals surface area contributed by atoms with Gasteiger partial charge in [-0.2, -0.15) is 0 Å². The average molecular weight is 224 g/mol. The smallest absolute Gasteiger partial charge is 0.0476 e. The molecule has 0 aliphatic heterocycles. The van der Waals surface area contributed by atoms with E-state index in [1.807, 2.05) is 0 Å². The SMILES string of the molecule is CCCn1cccc1CNC(C)CCOC. The van der Waals surface area contributed by atoms with Crippen molar-refractivity contribution in [3.63, 3.8) is 0 Å². The number of aromatic nitrogens is 1. The first-order chi connectivity index (χ1) is 7.77. The lowest BCUT2D eigenvalue weighted by atomic mass is 10.2. The summed E-state index contributed by atoms with van der Waals surface area (Å²) in [6.45, 7) is 7.28. The van der Waals surface area contributed by atoms with Crippen LogP contribution in [0.25, 0.3) is 0 Å². The molecule has 1 N–H and O–H groups in total. The van der Waals surface area contributed by atoms with Crippen molar-refractivity contribution in [2.45, 2.75) is 45.8 Å². The van der Waals surface area contributed by atoms with Crippen molar-refractivity contribution in [2.75, 3.05) is 13.7 Å². The first-order valence-electron chi connectivity index (χ1n) is 6.14. The monoisotopic (exact) mass is 224 g/mol. The number of nitrogens with one attached hydrogen (secondary N) is 1. The Morgan fingerprint density at radius 2 is 2.31 bits per heavy atom. The highest BCUT2D eigenvalue weighted by atomic mass is 16.5. The number of ether oxygens (including phenoxy) is 1. The van der Waals surface area contributed by atoms with Gasteiger partial charge in [0.05, 0.1) is 0 Å². The minimum absolute atomic E-state index is 0.505. The van der Waals surface area contributed by atoms with Crippen molar-refractivity contribution >= 4 is 0 Å². The van der Waals surface area contributed by atoms with Crippen LogP contribution in [0.3, 0.4) is 0 Å². The Balaban J connectivity index is 2.32. The normalized spacial score (nSPS) is 12.9. The van der Waals surface area contributed by atoms with Gasteiger partial charge in [0.1, 0.15) is 0 Å². The van der Waals surface area contributed by atoms with E-state index in [0.717, 1.165) is 26.1 Å². The van der Waals surface area contributed by atoms with Gasteiger partial charge in [0.2, 0.25) is 0 Å². The zero-order chi connectivity index (χ0) is 11.8. The number of aryl methyl sites for hydroxylation is 1. The average Bonchev–Trinajstić information content (AvgIpc) is 2.72. The third-order valence-electron chi connectivity index (χ3n) is 2.77. The predicted molar refractivity (Wildman–Crippen MR) is 67.5 cm³/mol. The fourth-order valence-electron chi connectivity index (χ4n) is 1.74. The quantitative estimate of drug-likeness (QED) is 0.734. The van der Waals surface area contributed by atoms with E-state index in [2.05, 4.69) is 42.1 Å². The third kappa shape index (κ3) is 4.37. The molecule has 16 heavy (non-hydrogen) atoms. The van der Waals surface area contributed by atoms with Crippen LogP contribution in [0, 0.1) is 0 Å². The molecule has 1 unspecified atom stereocenters. The molecular formula is C13H24N2O. The van der Waals surface area contributed by atoms with Gasteiger partial charge >= 0.3 is 0 Å². The molecule has 0 saturated carbocycles. The number of nitrogens with zero attached hydrogens (tertiary/aromatic N) is 1. The van der Waals surface area contributed by atoms with Crippen molar-refractivity contribution < 1.29 is 4.74 Å². The molecule has 0 amide bonds. The number of methoxy groups -OCH3 is 1. The van der Waals surface area contributed by atoms with Crippen LogP contribution in [0.5, 0.6) is 0 Å². The van der Waals surface area contributed by atoms with E-state index in [-0.39, 0.29) is 0 Å². The summed E-state index contributed by atoms with van der Waals surface area (Å²) in [6.07, 6.45) is 4.40. The van der Waals surface area contributed by atoms with Gasteiger partial charge in [0.25, 0.3) is 0 Å². The molecule has 0 aliphatic carbocycles. The highest BCUT2D eigenvalue weighted by Gasteiger charge is 2.03. The maximum Gasteiger partial charge on any atom is 0.0476 e. The molecule has 0 spiro atoms. The summed E-state index contributed by atoms with van der Waals surface area (Å²) in [4.78, 5) is 0. The second kappa shape index (κ2) is 7.47. The van der Waals surface area contributed by atoms with Crippen LogP contribution >= 0.6 is 0 Å². The van der Waals surface area contributed by atoms with Crippen molar-refractivity contribution in [3.8, 4) is 0 Å². The molecule has 1 aromatic rings. The van der Waals surface area contributed by atoms with Crippen molar-refractivity contribution in [1.82, 2.24) is 9.88 Å². The number of rotatable bonds is 8. The van der Waals surface area contributed by atoms with E-state index in [0.29, 0.717) is 6.04 Å². The summed E-state index contributed by atoms with van der Waals surface area (Å²) >= 11 is 0. The molecule has 3 heteroatoms. The van der Waals surface area contributed by atoms with Gasteiger partial charge in [-0.25, -0.2) is 0 Å². The fourth-order valence-corrected chi connectivity index (χ4v) is 1.74. The van der Waals surface area contributed by atoms with Crippen molar-refractivity contribution in [3.05, 3.63) is 24.0 Å². The minimum atomic E-state index is 0.505. The Kier molecular flexibility index (Phi) is 6.19. The standard InChI is InChI=1S/C13H24N2O/c1-4-8-15-9-5-6-13(15)11-14-12(2)7-10-16-3/h5-6,9,12,14H,4,7-8,10-11H2,1-3H3. The molecule has 0 saturated heterocycles. The summed E-state index contributed by atoms with van der Waals surface area (Å²) in [5.41, 5.74) is 1.37. The molecule has 0 aliphatic rings. The van der Waals surface area contributed by atoms with Crippen LogP contribution in [0.4, 0.5) is 0 Å². The molecule has 0 fully saturated rings. The fraction of sp³-hybridized carbons (Fsp3) is 0.692. The lowest BCUT2D eigenvalue weighted by molar-refractivity contribution is 0.184. The van der Waals surface area contributed by atoms with E-state index >= 15 is 0 Å². The van der Waals surface area contributed by atoms with Crippen LogP contribution < -0.4 is 5.32 Å². The second-order valence-electron chi connectivity index (χ2n) is 4.26. The van der Waals surface area contributed by atoms with E-state index in [9.17, 15) is 0 Å². The summed E-state index contributed by atoms with van der Waals surface area (Å²) in [6, 6.07) is 4.81. The van der Waals surface area contributed by atoms with Crippen LogP contribution in [0.2, 0.25) is 0 Å². The minimum Gasteiger partial charge on any atom is -0.385 e. The highest BCUT2D eigenvalue weighted by molar-refractivity contribution is 5.06. The molecule has 1 rings (SSSR count). The molecule has 1 aromatic heterocycles. The Hall–Kier alpha value is -0.800. The van der Waals surface area contributed by atoms with Gasteiger partial charge in [0.15, 0.2) is 0 Å². The Morgan fingerprint density at radius 3 is 3.00 bits per heavy atom. The van der Waals surface area contributed by atoms with Gasteiger partial charge in [-0.1, -0.05) is 6.92 Å². The molecule has 92 valence electrons. The summed E-state index contributed by atoms with van der Waals surface area (Å²) in [5.74, 6) is 0. The third-order valence-corrected chi connectivity index (χ3v) is 2.77. The summed E-state index contributed by atoms with van der Waals surface area (Å²) < 4.78 is 7.38. The molecule has 1 atom stereocenters. The maximum absolute atomic E-state index is 5.07. The van der Waals surface area contributed by atoms with E-state index in [1.54, 1.807) is 7.11 Å². The summed E-state index contributed by atoms with van der Waals surface area (Å²) in [5, 5.41) is 3.52. The Morgan fingerprint density at radius 1 is 1.50 bits per heavy atom. The lowest BCUT2D eigenvalue weighted by Crippen LogP contribution is -2.27. The van der Waals surface area contributed by atoms with E-state index in [1.165, 1.54) is 12.1 Å². The molecule has 3 nitrogen and oxygen atoms in total. The molecule has 0 bridgehead atoms. The number of hydrogen-bond donors (Lipinski definition) is 1. The largest absolute Gasteiger partial charge is 0.385 e. The van der Waals surface area contributed by atoms with E-state index in [4.69, 9.17) is 4.74 Å². The van der Waals surface area contributed by atoms with Crippen LogP contribution in [-0.2, 0) is 17.8 Å². The Labute approximate surface area is 98.8 Å². The molecular weight excluding hydrogens is 200 g/mol. The van der Waals surface area contributed by atoms with Crippen LogP contribution in [0.1, 0.15) is 32.4 Å². The molecule has 0 aromatic carbocycles. The number of hydrogen-bond acceptors (Lipinski definition) is 2. The van der Waals surface area contributed by atoms with Gasteiger partial charge < -0.3 is 14.6 Å². The predicted octanol–water partition coefficient (Wildman–Crippen LogP) is 2.41. The van der Waals surface area contributed by atoms with Crippen LogP contribution in [0.15, 0.2) is 18.3 Å². The lowest BCUT2D eigenvalue weighted by Gasteiger charge is -2.14. The first-order valence-corrected chi connectivity index (χ1v) is 6.14. The van der Waals surface area contributed by atoms with Gasteiger partial charge in [-0.15, -0.1) is 0 Å². The van der Waals surface area contributed by atoms with Gasteiger partial charge in [-0.05, 0) is 31.9 Å².